The third-order valence-corrected chi connectivity index (χ3v) is 8.23. The number of methoxy groups -OCH3 is 1. The van der Waals surface area contributed by atoms with Gasteiger partial charge in [0, 0.05) is 12.6 Å². The lowest BCUT2D eigenvalue weighted by atomic mass is 10.1. The second kappa shape index (κ2) is 14.7. The number of rotatable bonds is 14. The van der Waals surface area contributed by atoms with Crippen molar-refractivity contribution in [3.63, 3.8) is 0 Å². The first-order valence-corrected chi connectivity index (χ1v) is 15.2. The molecule has 42 heavy (non-hydrogen) atoms. The molecule has 0 spiro atoms. The van der Waals surface area contributed by atoms with Gasteiger partial charge in [-0.05, 0) is 93.4 Å². The summed E-state index contributed by atoms with van der Waals surface area (Å²) < 4.78 is 53.2. The first-order valence-electron chi connectivity index (χ1n) is 13.7. The third-order valence-electron chi connectivity index (χ3n) is 6.45. The van der Waals surface area contributed by atoms with Gasteiger partial charge in [0.25, 0.3) is 10.0 Å². The Balaban J connectivity index is 2.04. The molecule has 0 aliphatic heterocycles. The van der Waals surface area contributed by atoms with Crippen LogP contribution in [0.25, 0.3) is 0 Å². The maximum absolute atomic E-state index is 14.1. The molecule has 0 bridgehead atoms. The summed E-state index contributed by atoms with van der Waals surface area (Å²) in [4.78, 5) is 28.6. The molecule has 0 saturated heterocycles. The minimum Gasteiger partial charge on any atom is -0.497 e. The minimum absolute atomic E-state index is 0.0488. The van der Waals surface area contributed by atoms with Crippen LogP contribution in [-0.4, -0.2) is 57.5 Å². The molecule has 1 atom stereocenters. The molecule has 3 aromatic carbocycles. The summed E-state index contributed by atoms with van der Waals surface area (Å²) in [5, 5.41) is 2.86. The molecule has 11 heteroatoms. The molecule has 0 unspecified atom stereocenters. The first-order chi connectivity index (χ1) is 20.0. The number of sulfonamides is 1. The maximum Gasteiger partial charge on any atom is 0.264 e. The third kappa shape index (κ3) is 8.22. The Labute approximate surface area is 247 Å². The van der Waals surface area contributed by atoms with E-state index in [1.54, 1.807) is 38.3 Å². The van der Waals surface area contributed by atoms with Crippen molar-refractivity contribution in [2.75, 3.05) is 24.6 Å². The van der Waals surface area contributed by atoms with Crippen molar-refractivity contribution in [2.24, 2.45) is 0 Å². The van der Waals surface area contributed by atoms with Crippen LogP contribution in [0.4, 0.5) is 10.1 Å². The molecule has 0 radical (unpaired) electrons. The van der Waals surface area contributed by atoms with Crippen LogP contribution < -0.4 is 19.1 Å². The zero-order chi connectivity index (χ0) is 30.9. The number of carbonyl (C=O) groups is 2. The monoisotopic (exact) mass is 599 g/mol. The molecule has 226 valence electrons. The predicted molar refractivity (Wildman–Crippen MR) is 159 cm³/mol. The van der Waals surface area contributed by atoms with E-state index >= 15 is 0 Å². The molecular weight excluding hydrogens is 561 g/mol. The standard InChI is InChI=1S/C31H38FN3O6S/c1-6-29(31(37)33-22(3)4)34(20-23-8-14-26(40-5)15-9-23)30(36)21-35(25-12-10-24(32)11-13-25)42(38,39)28-18-16-27(17-19-28)41-7-2/h8-19,22,29H,6-7,20-21H2,1-5H3,(H,33,37)/t29-/m0/s1. The number of nitrogens with zero attached hydrogens (tertiary/aromatic N) is 2. The van der Waals surface area contributed by atoms with Gasteiger partial charge in [0.15, 0.2) is 0 Å². The van der Waals surface area contributed by atoms with E-state index in [1.165, 1.54) is 41.3 Å². The molecular formula is C31H38FN3O6S. The second-order valence-electron chi connectivity index (χ2n) is 9.85. The molecule has 0 fully saturated rings. The topological polar surface area (TPSA) is 105 Å². The quantitative estimate of drug-likeness (QED) is 0.287. The van der Waals surface area contributed by atoms with E-state index in [1.807, 2.05) is 20.8 Å². The van der Waals surface area contributed by atoms with Crippen LogP contribution in [0.2, 0.25) is 0 Å². The summed E-state index contributed by atoms with van der Waals surface area (Å²) in [6.45, 7) is 7.08. The van der Waals surface area contributed by atoms with Gasteiger partial charge in [-0.2, -0.15) is 0 Å². The van der Waals surface area contributed by atoms with E-state index in [0.717, 1.165) is 22.0 Å². The Bertz CT molecular complexity index is 1430. The summed E-state index contributed by atoms with van der Waals surface area (Å²) in [6, 6.07) is 16.7. The molecule has 2 amide bonds. The fourth-order valence-electron chi connectivity index (χ4n) is 4.37. The minimum atomic E-state index is -4.29. The number of hydrogen-bond acceptors (Lipinski definition) is 6. The SMILES string of the molecule is CCOc1ccc(S(=O)(=O)N(CC(=O)N(Cc2ccc(OC)cc2)[C@@H](CC)C(=O)NC(C)C)c2ccc(F)cc2)cc1. The lowest BCUT2D eigenvalue weighted by Crippen LogP contribution is -2.53. The smallest absolute Gasteiger partial charge is 0.264 e. The summed E-state index contributed by atoms with van der Waals surface area (Å²) >= 11 is 0. The highest BCUT2D eigenvalue weighted by molar-refractivity contribution is 7.92. The van der Waals surface area contributed by atoms with Crippen LogP contribution in [-0.2, 0) is 26.2 Å². The van der Waals surface area contributed by atoms with Crippen LogP contribution in [0, 0.1) is 5.82 Å². The van der Waals surface area contributed by atoms with Crippen molar-refractivity contribution in [1.29, 1.82) is 0 Å². The number of halogens is 1. The maximum atomic E-state index is 14.1. The number of benzene rings is 3. The van der Waals surface area contributed by atoms with Crippen LogP contribution in [0.1, 0.15) is 39.7 Å². The fourth-order valence-corrected chi connectivity index (χ4v) is 5.78. The Morgan fingerprint density at radius 3 is 2.02 bits per heavy atom. The molecule has 0 aromatic heterocycles. The van der Waals surface area contributed by atoms with Gasteiger partial charge < -0.3 is 19.7 Å². The number of ether oxygens (including phenoxy) is 2. The largest absolute Gasteiger partial charge is 0.497 e. The van der Waals surface area contributed by atoms with Crippen molar-refractivity contribution in [3.05, 3.63) is 84.2 Å². The van der Waals surface area contributed by atoms with Crippen molar-refractivity contribution in [2.45, 2.75) is 57.6 Å². The van der Waals surface area contributed by atoms with E-state index in [4.69, 9.17) is 9.47 Å². The molecule has 0 saturated carbocycles. The molecule has 0 heterocycles. The molecule has 0 aliphatic carbocycles. The first kappa shape index (κ1) is 32.4. The van der Waals surface area contributed by atoms with E-state index in [0.29, 0.717) is 24.5 Å². The summed E-state index contributed by atoms with van der Waals surface area (Å²) in [5.41, 5.74) is 0.824. The van der Waals surface area contributed by atoms with E-state index < -0.39 is 34.3 Å². The van der Waals surface area contributed by atoms with Gasteiger partial charge in [0.1, 0.15) is 29.9 Å². The zero-order valence-electron chi connectivity index (χ0n) is 24.5. The van der Waals surface area contributed by atoms with Crippen molar-refractivity contribution >= 4 is 27.5 Å². The van der Waals surface area contributed by atoms with Gasteiger partial charge >= 0.3 is 0 Å². The van der Waals surface area contributed by atoms with E-state index in [-0.39, 0.29) is 29.1 Å². The molecule has 3 aromatic rings. The van der Waals surface area contributed by atoms with Gasteiger partial charge in [-0.15, -0.1) is 0 Å². The summed E-state index contributed by atoms with van der Waals surface area (Å²) in [6.07, 6.45) is 0.294. The average molecular weight is 600 g/mol. The van der Waals surface area contributed by atoms with E-state index in [9.17, 15) is 22.4 Å². The van der Waals surface area contributed by atoms with Gasteiger partial charge in [-0.1, -0.05) is 19.1 Å². The number of anilines is 1. The molecule has 1 N–H and O–H groups in total. The lowest BCUT2D eigenvalue weighted by Gasteiger charge is -2.33. The van der Waals surface area contributed by atoms with Crippen LogP contribution in [0.5, 0.6) is 11.5 Å². The average Bonchev–Trinajstić information content (AvgIpc) is 2.96. The van der Waals surface area contributed by atoms with E-state index in [2.05, 4.69) is 5.32 Å². The Morgan fingerprint density at radius 2 is 1.50 bits per heavy atom. The van der Waals surface area contributed by atoms with Crippen molar-refractivity contribution < 1.29 is 31.9 Å². The van der Waals surface area contributed by atoms with Gasteiger partial charge in [0.05, 0.1) is 24.3 Å². The zero-order valence-corrected chi connectivity index (χ0v) is 25.4. The lowest BCUT2D eigenvalue weighted by molar-refractivity contribution is -0.140. The normalized spacial score (nSPS) is 12.0. The van der Waals surface area contributed by atoms with Gasteiger partial charge in [0.2, 0.25) is 11.8 Å². The summed E-state index contributed by atoms with van der Waals surface area (Å²) in [7, 11) is -2.75. The molecule has 3 rings (SSSR count). The van der Waals surface area contributed by atoms with Gasteiger partial charge in [-0.3, -0.25) is 13.9 Å². The van der Waals surface area contributed by atoms with Crippen molar-refractivity contribution in [3.8, 4) is 11.5 Å². The number of amides is 2. The molecule has 0 aliphatic rings. The Morgan fingerprint density at radius 1 is 0.905 bits per heavy atom. The van der Waals surface area contributed by atoms with Crippen molar-refractivity contribution in [1.82, 2.24) is 10.2 Å². The number of hydrogen-bond donors (Lipinski definition) is 1. The number of carbonyl (C=O) groups excluding carboxylic acids is 2. The highest BCUT2D eigenvalue weighted by atomic mass is 32.2. The Kier molecular flexibility index (Phi) is 11.3. The number of nitrogens with one attached hydrogen (secondary N) is 1. The fraction of sp³-hybridized carbons (Fsp3) is 0.355. The highest BCUT2D eigenvalue weighted by Crippen LogP contribution is 2.27. The predicted octanol–water partition coefficient (Wildman–Crippen LogP) is 4.76. The van der Waals surface area contributed by atoms with Gasteiger partial charge in [-0.25, -0.2) is 12.8 Å². The van der Waals surface area contributed by atoms with Crippen LogP contribution in [0.15, 0.2) is 77.7 Å². The highest BCUT2D eigenvalue weighted by Gasteiger charge is 2.34. The van der Waals surface area contributed by atoms with Crippen LogP contribution in [0.3, 0.4) is 0 Å². The van der Waals surface area contributed by atoms with Crippen LogP contribution >= 0.6 is 0 Å². The second-order valence-corrected chi connectivity index (χ2v) is 11.7. The summed E-state index contributed by atoms with van der Waals surface area (Å²) in [5.74, 6) is -0.382. The Hall–Kier alpha value is -4.12. The molecule has 9 nitrogen and oxygen atoms in total.